The molecular formula is C18H32N2. The summed E-state index contributed by atoms with van der Waals surface area (Å²) in [5, 5.41) is 0. The summed E-state index contributed by atoms with van der Waals surface area (Å²) < 4.78 is 0. The van der Waals surface area contributed by atoms with Crippen LogP contribution in [0.2, 0.25) is 0 Å². The van der Waals surface area contributed by atoms with Crippen LogP contribution in [0, 0.1) is 5.92 Å². The Hall–Kier alpha value is -0.860. The third-order valence-electron chi connectivity index (χ3n) is 3.70. The predicted molar refractivity (Wildman–Crippen MR) is 88.9 cm³/mol. The van der Waals surface area contributed by atoms with Gasteiger partial charge in [-0.2, -0.15) is 0 Å². The van der Waals surface area contributed by atoms with E-state index in [1.807, 2.05) is 0 Å². The van der Waals surface area contributed by atoms with Gasteiger partial charge in [-0.25, -0.2) is 0 Å². The number of likely N-dealkylation sites (N-methyl/N-ethyl adjacent to an activating group) is 1. The third-order valence-corrected chi connectivity index (χ3v) is 3.70. The average molecular weight is 276 g/mol. The first kappa shape index (κ1) is 17.2. The van der Waals surface area contributed by atoms with Crippen molar-refractivity contribution in [3.8, 4) is 0 Å². The molecule has 2 N–H and O–H groups in total. The summed E-state index contributed by atoms with van der Waals surface area (Å²) in [6.07, 6.45) is 5.00. The lowest BCUT2D eigenvalue weighted by molar-refractivity contribution is 0.305. The van der Waals surface area contributed by atoms with Crippen LogP contribution in [-0.2, 0) is 6.42 Å². The molecular weight excluding hydrogens is 244 g/mol. The largest absolute Gasteiger partial charge is 0.323 e. The second kappa shape index (κ2) is 9.15. The maximum atomic E-state index is 6.31. The molecule has 0 saturated heterocycles. The van der Waals surface area contributed by atoms with Crippen molar-refractivity contribution in [1.29, 1.82) is 0 Å². The SMILES string of the molecule is CCCCCN(C)CC(N)c1ccc(CC(C)C)cc1. The second-order valence-electron chi connectivity index (χ2n) is 6.42. The molecule has 0 bridgehead atoms. The van der Waals surface area contributed by atoms with Crippen molar-refractivity contribution in [3.63, 3.8) is 0 Å². The van der Waals surface area contributed by atoms with Crippen molar-refractivity contribution in [1.82, 2.24) is 4.90 Å². The van der Waals surface area contributed by atoms with Gasteiger partial charge in [0.15, 0.2) is 0 Å². The molecule has 0 saturated carbocycles. The number of nitrogens with two attached hydrogens (primary N) is 1. The minimum absolute atomic E-state index is 0.120. The standard InChI is InChI=1S/C18H32N2/c1-5-6-7-12-20(4)14-18(19)17-10-8-16(9-11-17)13-15(2)3/h8-11,15,18H,5-7,12-14,19H2,1-4H3. The monoisotopic (exact) mass is 276 g/mol. The third kappa shape index (κ3) is 6.53. The summed E-state index contributed by atoms with van der Waals surface area (Å²) >= 11 is 0. The topological polar surface area (TPSA) is 29.3 Å². The fourth-order valence-corrected chi connectivity index (χ4v) is 2.54. The van der Waals surface area contributed by atoms with E-state index in [2.05, 4.69) is 57.0 Å². The summed E-state index contributed by atoms with van der Waals surface area (Å²) in [4.78, 5) is 2.35. The van der Waals surface area contributed by atoms with E-state index in [0.29, 0.717) is 5.92 Å². The molecule has 1 aromatic carbocycles. The number of hydrogen-bond acceptors (Lipinski definition) is 2. The fraction of sp³-hybridized carbons (Fsp3) is 0.667. The lowest BCUT2D eigenvalue weighted by atomic mass is 9.99. The molecule has 0 fully saturated rings. The summed E-state index contributed by atoms with van der Waals surface area (Å²) in [6, 6.07) is 8.97. The summed E-state index contributed by atoms with van der Waals surface area (Å²) in [6.45, 7) is 8.83. The maximum Gasteiger partial charge on any atom is 0.0424 e. The minimum Gasteiger partial charge on any atom is -0.323 e. The zero-order chi connectivity index (χ0) is 15.0. The van der Waals surface area contributed by atoms with Crippen LogP contribution < -0.4 is 5.73 Å². The molecule has 2 heteroatoms. The number of unbranched alkanes of at least 4 members (excludes halogenated alkanes) is 2. The van der Waals surface area contributed by atoms with Crippen LogP contribution in [0.3, 0.4) is 0 Å². The van der Waals surface area contributed by atoms with Crippen molar-refractivity contribution in [2.45, 2.75) is 52.5 Å². The molecule has 0 amide bonds. The van der Waals surface area contributed by atoms with Gasteiger partial charge in [-0.15, -0.1) is 0 Å². The van der Waals surface area contributed by atoms with Gasteiger partial charge in [-0.05, 0) is 43.5 Å². The fourth-order valence-electron chi connectivity index (χ4n) is 2.54. The van der Waals surface area contributed by atoms with E-state index >= 15 is 0 Å². The van der Waals surface area contributed by atoms with Crippen molar-refractivity contribution >= 4 is 0 Å². The molecule has 0 aliphatic heterocycles. The molecule has 0 aliphatic carbocycles. The molecule has 20 heavy (non-hydrogen) atoms. The van der Waals surface area contributed by atoms with Crippen LogP contribution in [0.4, 0.5) is 0 Å². The van der Waals surface area contributed by atoms with E-state index in [9.17, 15) is 0 Å². The molecule has 1 aromatic rings. The Morgan fingerprint density at radius 3 is 2.30 bits per heavy atom. The van der Waals surface area contributed by atoms with Crippen molar-refractivity contribution < 1.29 is 0 Å². The Morgan fingerprint density at radius 1 is 1.10 bits per heavy atom. The normalized spacial score (nSPS) is 13.2. The number of nitrogens with zero attached hydrogens (tertiary/aromatic N) is 1. The van der Waals surface area contributed by atoms with E-state index < -0.39 is 0 Å². The van der Waals surface area contributed by atoms with Gasteiger partial charge in [0.25, 0.3) is 0 Å². The Kier molecular flexibility index (Phi) is 7.86. The van der Waals surface area contributed by atoms with Gasteiger partial charge in [0, 0.05) is 12.6 Å². The van der Waals surface area contributed by atoms with Crippen LogP contribution in [0.1, 0.15) is 57.2 Å². The van der Waals surface area contributed by atoms with Gasteiger partial charge >= 0.3 is 0 Å². The summed E-state index contributed by atoms with van der Waals surface area (Å²) in [7, 11) is 2.17. The first-order valence-electron chi connectivity index (χ1n) is 8.05. The number of rotatable bonds is 9. The van der Waals surface area contributed by atoms with Gasteiger partial charge in [0.1, 0.15) is 0 Å². The average Bonchev–Trinajstić information content (AvgIpc) is 2.39. The molecule has 2 nitrogen and oxygen atoms in total. The Labute approximate surface area is 125 Å². The van der Waals surface area contributed by atoms with Crippen LogP contribution >= 0.6 is 0 Å². The van der Waals surface area contributed by atoms with Crippen LogP contribution in [0.25, 0.3) is 0 Å². The summed E-state index contributed by atoms with van der Waals surface area (Å²) in [5.74, 6) is 0.708. The Bertz CT molecular complexity index is 356. The van der Waals surface area contributed by atoms with Gasteiger partial charge < -0.3 is 10.6 Å². The minimum atomic E-state index is 0.120. The smallest absolute Gasteiger partial charge is 0.0424 e. The Morgan fingerprint density at radius 2 is 1.75 bits per heavy atom. The van der Waals surface area contributed by atoms with Gasteiger partial charge in [0.05, 0.1) is 0 Å². The molecule has 0 radical (unpaired) electrons. The first-order chi connectivity index (χ1) is 9.52. The zero-order valence-corrected chi connectivity index (χ0v) is 13.7. The zero-order valence-electron chi connectivity index (χ0n) is 13.7. The van der Waals surface area contributed by atoms with Crippen molar-refractivity contribution in [2.24, 2.45) is 11.7 Å². The molecule has 1 atom stereocenters. The number of hydrogen-bond donors (Lipinski definition) is 1. The molecule has 0 aromatic heterocycles. The highest BCUT2D eigenvalue weighted by Gasteiger charge is 2.09. The molecule has 1 unspecified atom stereocenters. The van der Waals surface area contributed by atoms with E-state index in [4.69, 9.17) is 5.73 Å². The number of benzene rings is 1. The van der Waals surface area contributed by atoms with Crippen LogP contribution in [0.15, 0.2) is 24.3 Å². The predicted octanol–water partition coefficient (Wildman–Crippen LogP) is 4.01. The molecule has 0 heterocycles. The van der Waals surface area contributed by atoms with Gasteiger partial charge in [-0.3, -0.25) is 0 Å². The van der Waals surface area contributed by atoms with Crippen LogP contribution in [-0.4, -0.2) is 25.0 Å². The molecule has 0 aliphatic rings. The van der Waals surface area contributed by atoms with Crippen molar-refractivity contribution in [3.05, 3.63) is 35.4 Å². The highest BCUT2D eigenvalue weighted by Crippen LogP contribution is 2.15. The van der Waals surface area contributed by atoms with Gasteiger partial charge in [-0.1, -0.05) is 57.9 Å². The lowest BCUT2D eigenvalue weighted by Crippen LogP contribution is -2.29. The highest BCUT2D eigenvalue weighted by atomic mass is 15.1. The Balaban J connectivity index is 2.44. The molecule has 114 valence electrons. The van der Waals surface area contributed by atoms with E-state index in [1.165, 1.54) is 30.4 Å². The first-order valence-corrected chi connectivity index (χ1v) is 8.05. The van der Waals surface area contributed by atoms with E-state index in [0.717, 1.165) is 19.5 Å². The van der Waals surface area contributed by atoms with Gasteiger partial charge in [0.2, 0.25) is 0 Å². The maximum absolute atomic E-state index is 6.31. The van der Waals surface area contributed by atoms with E-state index in [-0.39, 0.29) is 6.04 Å². The quantitative estimate of drug-likeness (QED) is 0.691. The molecule has 1 rings (SSSR count). The van der Waals surface area contributed by atoms with Crippen LogP contribution in [0.5, 0.6) is 0 Å². The summed E-state index contributed by atoms with van der Waals surface area (Å²) in [5.41, 5.74) is 8.97. The van der Waals surface area contributed by atoms with Crippen molar-refractivity contribution in [2.75, 3.05) is 20.1 Å². The lowest BCUT2D eigenvalue weighted by Gasteiger charge is -2.21. The van der Waals surface area contributed by atoms with E-state index in [1.54, 1.807) is 0 Å². The highest BCUT2D eigenvalue weighted by molar-refractivity contribution is 5.25. The second-order valence-corrected chi connectivity index (χ2v) is 6.42. The molecule has 0 spiro atoms.